The molecule has 1 aliphatic carbocycles. The molecule has 0 saturated heterocycles. The van der Waals surface area contributed by atoms with Gasteiger partial charge < -0.3 is 4.57 Å². The summed E-state index contributed by atoms with van der Waals surface area (Å²) >= 11 is 6.02. The van der Waals surface area contributed by atoms with Gasteiger partial charge in [0.1, 0.15) is 11.3 Å². The van der Waals surface area contributed by atoms with Crippen LogP contribution in [0.1, 0.15) is 37.3 Å². The Morgan fingerprint density at radius 1 is 1.47 bits per heavy atom. The molecule has 1 atom stereocenters. The average molecular weight is 253 g/mol. The second-order valence-corrected chi connectivity index (χ2v) is 5.26. The molecule has 2 aromatic rings. The summed E-state index contributed by atoms with van der Waals surface area (Å²) in [5.74, 6) is 2.22. The Kier molecular flexibility index (Phi) is 2.43. The van der Waals surface area contributed by atoms with Gasteiger partial charge >= 0.3 is 0 Å². The van der Waals surface area contributed by atoms with Crippen LogP contribution in [0.4, 0.5) is 0 Å². The molecule has 1 unspecified atom stereocenters. The number of alkyl halides is 1. The number of aromatic nitrogens is 4. The second-order valence-electron chi connectivity index (χ2n) is 4.99. The van der Waals surface area contributed by atoms with Crippen molar-refractivity contribution in [3.8, 4) is 0 Å². The van der Waals surface area contributed by atoms with E-state index in [1.807, 2.05) is 18.7 Å². The Labute approximate surface area is 106 Å². The van der Waals surface area contributed by atoms with Crippen molar-refractivity contribution >= 4 is 22.8 Å². The largest absolute Gasteiger partial charge is 0.309 e. The maximum absolute atomic E-state index is 6.02. The molecule has 2 heterocycles. The maximum Gasteiger partial charge on any atom is 0.158 e. The first kappa shape index (κ1) is 11.1. The first-order valence-corrected chi connectivity index (χ1v) is 6.63. The van der Waals surface area contributed by atoms with Crippen LogP contribution >= 0.6 is 11.6 Å². The number of aryl methyl sites for hydroxylation is 2. The molecule has 5 heteroatoms. The summed E-state index contributed by atoms with van der Waals surface area (Å²) in [7, 11) is 1.98. The lowest BCUT2D eigenvalue weighted by Crippen LogP contribution is -2.12. The lowest BCUT2D eigenvalue weighted by atomic mass is 10.2. The van der Waals surface area contributed by atoms with Crippen LogP contribution in [0.25, 0.3) is 11.2 Å². The summed E-state index contributed by atoms with van der Waals surface area (Å²) in [6.45, 7) is 4.26. The fourth-order valence-corrected chi connectivity index (χ4v) is 2.84. The highest BCUT2D eigenvalue weighted by Gasteiger charge is 2.32. The van der Waals surface area contributed by atoms with Crippen molar-refractivity contribution in [3.63, 3.8) is 0 Å². The summed E-state index contributed by atoms with van der Waals surface area (Å²) in [5.41, 5.74) is 3.09. The van der Waals surface area contributed by atoms with Crippen LogP contribution in [0.5, 0.6) is 0 Å². The monoisotopic (exact) mass is 252 g/mol. The fourth-order valence-electron chi connectivity index (χ4n) is 2.65. The molecule has 0 N–H and O–H groups in total. The van der Waals surface area contributed by atoms with Gasteiger partial charge in [-0.2, -0.15) is 5.10 Å². The molecule has 0 aliphatic heterocycles. The van der Waals surface area contributed by atoms with Crippen molar-refractivity contribution < 1.29 is 0 Å². The molecular weight excluding hydrogens is 236 g/mol. The van der Waals surface area contributed by atoms with E-state index < -0.39 is 0 Å². The molecule has 3 rings (SSSR count). The summed E-state index contributed by atoms with van der Waals surface area (Å²) < 4.78 is 4.20. The van der Waals surface area contributed by atoms with Crippen molar-refractivity contribution in [1.82, 2.24) is 19.3 Å². The van der Waals surface area contributed by atoms with Gasteiger partial charge in [-0.3, -0.25) is 4.68 Å². The number of nitrogens with zero attached hydrogens (tertiary/aromatic N) is 4. The lowest BCUT2D eigenvalue weighted by molar-refractivity contribution is 0.476. The smallest absolute Gasteiger partial charge is 0.158 e. The maximum atomic E-state index is 6.02. The predicted molar refractivity (Wildman–Crippen MR) is 68.2 cm³/mol. The number of imidazole rings is 1. The number of fused-ring (bicyclic) bond motifs is 1. The van der Waals surface area contributed by atoms with Crippen molar-refractivity contribution in [2.45, 2.75) is 38.6 Å². The van der Waals surface area contributed by atoms with Crippen molar-refractivity contribution in [2.75, 3.05) is 0 Å². The van der Waals surface area contributed by atoms with E-state index in [9.17, 15) is 0 Å². The lowest BCUT2D eigenvalue weighted by Gasteiger charge is -2.16. The van der Waals surface area contributed by atoms with Crippen LogP contribution in [0, 0.1) is 12.8 Å². The van der Waals surface area contributed by atoms with E-state index in [0.29, 0.717) is 11.9 Å². The normalized spacial score (nSPS) is 17.9. The van der Waals surface area contributed by atoms with E-state index in [1.54, 1.807) is 0 Å². The van der Waals surface area contributed by atoms with E-state index >= 15 is 0 Å². The van der Waals surface area contributed by atoms with Crippen LogP contribution in [0.3, 0.4) is 0 Å². The highest BCUT2D eigenvalue weighted by atomic mass is 35.5. The molecule has 2 aromatic heterocycles. The number of halogens is 1. The molecule has 0 amide bonds. The summed E-state index contributed by atoms with van der Waals surface area (Å²) in [4.78, 5) is 4.63. The second kappa shape index (κ2) is 3.73. The standard InChI is InChI=1S/C12H17ClN4/c1-7-11-12(16(3)15-7)17(10(6-13)14-11)8(2)9-4-5-9/h8-9H,4-6H2,1-3H3. The van der Waals surface area contributed by atoms with Crippen molar-refractivity contribution in [2.24, 2.45) is 13.0 Å². The van der Waals surface area contributed by atoms with Gasteiger partial charge in [0.15, 0.2) is 5.65 Å². The summed E-state index contributed by atoms with van der Waals surface area (Å²) in [6.07, 6.45) is 2.64. The molecule has 1 aliphatic rings. The zero-order valence-electron chi connectivity index (χ0n) is 10.4. The van der Waals surface area contributed by atoms with Crippen LogP contribution in [-0.2, 0) is 12.9 Å². The van der Waals surface area contributed by atoms with E-state index in [4.69, 9.17) is 11.6 Å². The number of hydrogen-bond donors (Lipinski definition) is 0. The zero-order valence-corrected chi connectivity index (χ0v) is 11.2. The van der Waals surface area contributed by atoms with Crippen molar-refractivity contribution in [3.05, 3.63) is 11.5 Å². The molecule has 0 spiro atoms. The summed E-state index contributed by atoms with van der Waals surface area (Å²) in [5, 5.41) is 4.44. The third-order valence-corrected chi connectivity index (χ3v) is 3.98. The van der Waals surface area contributed by atoms with E-state index in [1.165, 1.54) is 12.8 Å². The Hall–Kier alpha value is -1.03. The first-order chi connectivity index (χ1) is 8.13. The van der Waals surface area contributed by atoms with E-state index in [0.717, 1.165) is 28.6 Å². The Bertz CT molecular complexity index is 565. The Morgan fingerprint density at radius 3 is 2.76 bits per heavy atom. The first-order valence-electron chi connectivity index (χ1n) is 6.10. The highest BCUT2D eigenvalue weighted by molar-refractivity contribution is 6.16. The molecule has 4 nitrogen and oxygen atoms in total. The van der Waals surface area contributed by atoms with Crippen molar-refractivity contribution in [1.29, 1.82) is 0 Å². The minimum atomic E-state index is 0.463. The predicted octanol–water partition coefficient (Wildman–Crippen LogP) is 2.79. The SMILES string of the molecule is Cc1nn(C)c2c1nc(CCl)n2C(C)C1CC1. The van der Waals surface area contributed by atoms with E-state index in [2.05, 4.69) is 21.6 Å². The molecule has 0 bridgehead atoms. The molecule has 0 radical (unpaired) electrons. The highest BCUT2D eigenvalue weighted by Crippen LogP contribution is 2.41. The molecule has 17 heavy (non-hydrogen) atoms. The Morgan fingerprint density at radius 2 is 2.18 bits per heavy atom. The minimum Gasteiger partial charge on any atom is -0.309 e. The molecule has 1 saturated carbocycles. The van der Waals surface area contributed by atoms with Gasteiger partial charge in [-0.1, -0.05) is 0 Å². The molecular formula is C12H17ClN4. The quantitative estimate of drug-likeness (QED) is 0.788. The fraction of sp³-hybridized carbons (Fsp3) is 0.667. The van der Waals surface area contributed by atoms with Gasteiger partial charge in [0, 0.05) is 13.1 Å². The average Bonchev–Trinajstić information content (AvgIpc) is 3.01. The van der Waals surface area contributed by atoms with Gasteiger partial charge in [0.2, 0.25) is 0 Å². The van der Waals surface area contributed by atoms with Gasteiger partial charge in [-0.05, 0) is 32.6 Å². The topological polar surface area (TPSA) is 35.6 Å². The molecule has 1 fully saturated rings. The Balaban J connectivity index is 2.24. The van der Waals surface area contributed by atoms with Crippen LogP contribution < -0.4 is 0 Å². The zero-order chi connectivity index (χ0) is 12.2. The molecule has 0 aromatic carbocycles. The van der Waals surface area contributed by atoms with Crippen LogP contribution in [0.15, 0.2) is 0 Å². The van der Waals surface area contributed by atoms with E-state index in [-0.39, 0.29) is 0 Å². The summed E-state index contributed by atoms with van der Waals surface area (Å²) in [6, 6.07) is 0.476. The van der Waals surface area contributed by atoms with Gasteiger partial charge in [0.25, 0.3) is 0 Å². The third kappa shape index (κ3) is 1.58. The van der Waals surface area contributed by atoms with Gasteiger partial charge in [-0.25, -0.2) is 4.98 Å². The van der Waals surface area contributed by atoms with Gasteiger partial charge in [0.05, 0.1) is 11.6 Å². The number of hydrogen-bond acceptors (Lipinski definition) is 2. The van der Waals surface area contributed by atoms with Gasteiger partial charge in [-0.15, -0.1) is 11.6 Å². The number of rotatable bonds is 3. The molecule has 92 valence electrons. The third-order valence-electron chi connectivity index (χ3n) is 3.74. The van der Waals surface area contributed by atoms with Crippen LogP contribution in [-0.4, -0.2) is 19.3 Å². The minimum absolute atomic E-state index is 0.463. The van der Waals surface area contributed by atoms with Crippen LogP contribution in [0.2, 0.25) is 0 Å².